The van der Waals surface area contributed by atoms with Crippen molar-refractivity contribution < 1.29 is 9.78 Å². The van der Waals surface area contributed by atoms with Crippen LogP contribution in [0.5, 0.6) is 0 Å². The maximum absolute atomic E-state index is 5.96. The van der Waals surface area contributed by atoms with Crippen molar-refractivity contribution in [3.63, 3.8) is 0 Å². The molecule has 1 unspecified atom stereocenters. The monoisotopic (exact) mass is 296 g/mol. The van der Waals surface area contributed by atoms with E-state index in [0.29, 0.717) is 0 Å². The summed E-state index contributed by atoms with van der Waals surface area (Å²) in [5.74, 6) is 0. The van der Waals surface area contributed by atoms with Gasteiger partial charge in [-0.2, -0.15) is 0 Å². The summed E-state index contributed by atoms with van der Waals surface area (Å²) in [4.78, 5) is 11.7. The fourth-order valence-electron chi connectivity index (χ4n) is 3.22. The Morgan fingerprint density at radius 2 is 1.50 bits per heavy atom. The highest BCUT2D eigenvalue weighted by atomic mass is 17.2. The maximum Gasteiger partial charge on any atom is 0.156 e. The minimum Gasteiger partial charge on any atom is -0.232 e. The minimum absolute atomic E-state index is 0.173. The van der Waals surface area contributed by atoms with Crippen molar-refractivity contribution in [2.75, 3.05) is 0 Å². The lowest BCUT2D eigenvalue weighted by atomic mass is 9.81. The van der Waals surface area contributed by atoms with E-state index in [1.165, 1.54) is 30.4 Å². The SMILES string of the molecule is CCCCCC1CC(c2ccccc2)(c2ccccc2)OO1. The van der Waals surface area contributed by atoms with Gasteiger partial charge in [-0.15, -0.1) is 0 Å². The van der Waals surface area contributed by atoms with E-state index in [1.807, 2.05) is 12.1 Å². The number of rotatable bonds is 6. The average Bonchev–Trinajstić information content (AvgIpc) is 3.02. The van der Waals surface area contributed by atoms with Crippen molar-refractivity contribution in [2.24, 2.45) is 0 Å². The van der Waals surface area contributed by atoms with Crippen LogP contribution in [0.2, 0.25) is 0 Å². The molecule has 2 aromatic carbocycles. The molecule has 0 amide bonds. The zero-order valence-electron chi connectivity index (χ0n) is 13.2. The molecule has 1 aliphatic heterocycles. The lowest BCUT2D eigenvalue weighted by Crippen LogP contribution is -2.27. The molecule has 0 saturated carbocycles. The Balaban J connectivity index is 1.87. The molecule has 1 heterocycles. The van der Waals surface area contributed by atoms with Gasteiger partial charge in [-0.05, 0) is 17.5 Å². The summed E-state index contributed by atoms with van der Waals surface area (Å²) in [5.41, 5.74) is 1.86. The Morgan fingerprint density at radius 3 is 2.05 bits per heavy atom. The summed E-state index contributed by atoms with van der Waals surface area (Å²) in [5, 5.41) is 0. The van der Waals surface area contributed by atoms with Gasteiger partial charge < -0.3 is 0 Å². The first-order valence-corrected chi connectivity index (χ1v) is 8.31. The first-order valence-electron chi connectivity index (χ1n) is 8.31. The van der Waals surface area contributed by atoms with Crippen molar-refractivity contribution >= 4 is 0 Å². The second-order valence-corrected chi connectivity index (χ2v) is 6.06. The van der Waals surface area contributed by atoms with Crippen LogP contribution in [-0.4, -0.2) is 6.10 Å². The first kappa shape index (κ1) is 15.3. The largest absolute Gasteiger partial charge is 0.232 e. The molecule has 2 aromatic rings. The van der Waals surface area contributed by atoms with Crippen LogP contribution in [-0.2, 0) is 15.4 Å². The maximum atomic E-state index is 5.96. The third-order valence-electron chi connectivity index (χ3n) is 4.45. The van der Waals surface area contributed by atoms with E-state index >= 15 is 0 Å². The Kier molecular flexibility index (Phi) is 4.91. The van der Waals surface area contributed by atoms with Crippen molar-refractivity contribution in [1.29, 1.82) is 0 Å². The van der Waals surface area contributed by atoms with Crippen LogP contribution in [0.1, 0.15) is 50.2 Å². The number of unbranched alkanes of at least 4 members (excludes halogenated alkanes) is 2. The highest BCUT2D eigenvalue weighted by Gasteiger charge is 2.45. The van der Waals surface area contributed by atoms with E-state index in [4.69, 9.17) is 9.78 Å². The van der Waals surface area contributed by atoms with Gasteiger partial charge in [0.2, 0.25) is 0 Å². The molecule has 116 valence electrons. The summed E-state index contributed by atoms with van der Waals surface area (Å²) in [7, 11) is 0. The van der Waals surface area contributed by atoms with Crippen molar-refractivity contribution in [3.05, 3.63) is 71.8 Å². The van der Waals surface area contributed by atoms with Crippen LogP contribution >= 0.6 is 0 Å². The van der Waals surface area contributed by atoms with Crippen LogP contribution in [0.25, 0.3) is 0 Å². The Labute approximate surface area is 133 Å². The van der Waals surface area contributed by atoms with Crippen LogP contribution in [0.15, 0.2) is 60.7 Å². The molecule has 0 spiro atoms. The Hall–Kier alpha value is -1.64. The number of hydrogen-bond donors (Lipinski definition) is 0. The van der Waals surface area contributed by atoms with E-state index in [1.54, 1.807) is 0 Å². The summed E-state index contributed by atoms with van der Waals surface area (Å²) in [6, 6.07) is 20.8. The third-order valence-corrected chi connectivity index (χ3v) is 4.45. The Bertz CT molecular complexity index is 525. The van der Waals surface area contributed by atoms with E-state index in [-0.39, 0.29) is 6.10 Å². The van der Waals surface area contributed by atoms with Crippen molar-refractivity contribution in [3.8, 4) is 0 Å². The van der Waals surface area contributed by atoms with Gasteiger partial charge >= 0.3 is 0 Å². The lowest BCUT2D eigenvalue weighted by molar-refractivity contribution is -0.321. The zero-order chi connectivity index (χ0) is 15.3. The topological polar surface area (TPSA) is 18.5 Å². The molecular weight excluding hydrogens is 272 g/mol. The second-order valence-electron chi connectivity index (χ2n) is 6.06. The van der Waals surface area contributed by atoms with Gasteiger partial charge in [0.25, 0.3) is 0 Å². The van der Waals surface area contributed by atoms with Crippen LogP contribution in [0, 0.1) is 0 Å². The highest BCUT2D eigenvalue weighted by Crippen LogP contribution is 2.44. The molecule has 0 aromatic heterocycles. The highest BCUT2D eigenvalue weighted by molar-refractivity contribution is 5.37. The summed E-state index contributed by atoms with van der Waals surface area (Å²) >= 11 is 0. The van der Waals surface area contributed by atoms with Gasteiger partial charge in [-0.25, -0.2) is 9.78 Å². The van der Waals surface area contributed by atoms with Gasteiger partial charge in [0.05, 0.1) is 6.10 Å². The lowest BCUT2D eigenvalue weighted by Gasteiger charge is -2.27. The van der Waals surface area contributed by atoms with Crippen molar-refractivity contribution in [1.82, 2.24) is 0 Å². The molecule has 3 rings (SSSR count). The van der Waals surface area contributed by atoms with Gasteiger partial charge in [0.1, 0.15) is 0 Å². The molecule has 22 heavy (non-hydrogen) atoms. The normalized spacial score (nSPS) is 20.1. The zero-order valence-corrected chi connectivity index (χ0v) is 13.2. The molecule has 1 atom stereocenters. The molecule has 1 saturated heterocycles. The predicted octanol–water partition coefficient (Wildman–Crippen LogP) is 5.23. The molecule has 2 heteroatoms. The molecule has 0 N–H and O–H groups in total. The predicted molar refractivity (Wildman–Crippen MR) is 88.4 cm³/mol. The molecule has 1 fully saturated rings. The standard InChI is InChI=1S/C20H24O2/c1-2-3-6-15-19-16-20(22-21-19,17-11-7-4-8-12-17)18-13-9-5-10-14-18/h4-5,7-14,19H,2-3,6,15-16H2,1H3. The summed E-state index contributed by atoms with van der Waals surface area (Å²) in [6.45, 7) is 2.23. The quantitative estimate of drug-likeness (QED) is 0.536. The third kappa shape index (κ3) is 3.08. The fraction of sp³-hybridized carbons (Fsp3) is 0.400. The number of hydrogen-bond acceptors (Lipinski definition) is 2. The molecule has 0 aliphatic carbocycles. The molecule has 0 radical (unpaired) electrons. The smallest absolute Gasteiger partial charge is 0.156 e. The van der Waals surface area contributed by atoms with Crippen LogP contribution in [0.4, 0.5) is 0 Å². The summed E-state index contributed by atoms with van der Waals surface area (Å²) < 4.78 is 0. The molecular formula is C20H24O2. The van der Waals surface area contributed by atoms with Crippen LogP contribution < -0.4 is 0 Å². The fourth-order valence-corrected chi connectivity index (χ4v) is 3.22. The molecule has 2 nitrogen and oxygen atoms in total. The molecule has 1 aliphatic rings. The molecule has 0 bridgehead atoms. The van der Waals surface area contributed by atoms with E-state index < -0.39 is 5.60 Å². The number of benzene rings is 2. The van der Waals surface area contributed by atoms with Crippen LogP contribution in [0.3, 0.4) is 0 Å². The second kappa shape index (κ2) is 7.08. The van der Waals surface area contributed by atoms with E-state index in [9.17, 15) is 0 Å². The van der Waals surface area contributed by atoms with Gasteiger partial charge in [-0.1, -0.05) is 86.8 Å². The van der Waals surface area contributed by atoms with Gasteiger partial charge in [0.15, 0.2) is 5.60 Å². The van der Waals surface area contributed by atoms with Gasteiger partial charge in [-0.3, -0.25) is 0 Å². The first-order chi connectivity index (χ1) is 10.8. The summed E-state index contributed by atoms with van der Waals surface area (Å²) in [6.07, 6.45) is 5.80. The van der Waals surface area contributed by atoms with E-state index in [2.05, 4.69) is 55.5 Å². The Morgan fingerprint density at radius 1 is 0.909 bits per heavy atom. The van der Waals surface area contributed by atoms with Gasteiger partial charge in [0, 0.05) is 6.42 Å². The average molecular weight is 296 g/mol. The van der Waals surface area contributed by atoms with E-state index in [0.717, 1.165) is 12.8 Å². The minimum atomic E-state index is -0.473. The van der Waals surface area contributed by atoms with Crippen molar-refractivity contribution in [2.45, 2.75) is 50.7 Å².